The number of benzene rings is 1. The van der Waals surface area contributed by atoms with Crippen molar-refractivity contribution in [3.63, 3.8) is 0 Å². The van der Waals surface area contributed by atoms with Gasteiger partial charge in [-0.25, -0.2) is 9.48 Å². The predicted octanol–water partition coefficient (Wildman–Crippen LogP) is 2.61. The van der Waals surface area contributed by atoms with Crippen molar-refractivity contribution in [3.8, 4) is 11.8 Å². The van der Waals surface area contributed by atoms with Gasteiger partial charge in [0, 0.05) is 18.4 Å². The Morgan fingerprint density at radius 2 is 2.04 bits per heavy atom. The average Bonchev–Trinajstić information content (AvgIpc) is 3.21. The van der Waals surface area contributed by atoms with E-state index in [2.05, 4.69) is 26.7 Å². The van der Waals surface area contributed by atoms with Crippen LogP contribution in [-0.4, -0.2) is 37.5 Å². The lowest BCUT2D eigenvalue weighted by atomic mass is 10.3. The highest BCUT2D eigenvalue weighted by Gasteiger charge is 2.14. The molecule has 2 heterocycles. The van der Waals surface area contributed by atoms with Crippen LogP contribution >= 0.6 is 0 Å². The zero-order chi connectivity index (χ0) is 18.2. The zero-order valence-corrected chi connectivity index (χ0v) is 14.0. The summed E-state index contributed by atoms with van der Waals surface area (Å²) in [6.45, 7) is 0.668. The fourth-order valence-electron chi connectivity index (χ4n) is 2.37. The van der Waals surface area contributed by atoms with Gasteiger partial charge in [-0.1, -0.05) is 11.3 Å². The van der Waals surface area contributed by atoms with E-state index in [0.29, 0.717) is 18.8 Å². The molecule has 0 saturated heterocycles. The fourth-order valence-corrected chi connectivity index (χ4v) is 2.37. The molecule has 0 saturated carbocycles. The third-order valence-electron chi connectivity index (χ3n) is 3.67. The molecule has 8 nitrogen and oxygen atoms in total. The van der Waals surface area contributed by atoms with Gasteiger partial charge in [0.2, 0.25) is 0 Å². The summed E-state index contributed by atoms with van der Waals surface area (Å²) in [6, 6.07) is 14.6. The van der Waals surface area contributed by atoms with Gasteiger partial charge in [0.15, 0.2) is 0 Å². The van der Waals surface area contributed by atoms with Crippen LogP contribution in [0.3, 0.4) is 0 Å². The SMILES string of the molecule is N#CCCN(Cc1ccccn1)C(=O)Nc1ccc(-n2ccnn2)cc1. The number of pyridine rings is 1. The smallest absolute Gasteiger partial charge is 0.318 e. The van der Waals surface area contributed by atoms with E-state index < -0.39 is 0 Å². The van der Waals surface area contributed by atoms with Gasteiger partial charge < -0.3 is 10.2 Å². The maximum absolute atomic E-state index is 12.6. The molecule has 3 rings (SSSR count). The summed E-state index contributed by atoms with van der Waals surface area (Å²) in [5.41, 5.74) is 2.26. The molecule has 0 fully saturated rings. The van der Waals surface area contributed by atoms with Crippen LogP contribution in [-0.2, 0) is 6.54 Å². The number of amides is 2. The molecule has 130 valence electrons. The van der Waals surface area contributed by atoms with Gasteiger partial charge in [0.05, 0.1) is 42.8 Å². The van der Waals surface area contributed by atoms with Gasteiger partial charge in [-0.15, -0.1) is 5.10 Å². The molecule has 1 N–H and O–H groups in total. The first-order valence-corrected chi connectivity index (χ1v) is 8.06. The first-order chi connectivity index (χ1) is 12.8. The average molecular weight is 347 g/mol. The second kappa shape index (κ2) is 8.39. The Labute approximate surface area is 150 Å². The summed E-state index contributed by atoms with van der Waals surface area (Å²) in [5.74, 6) is 0. The van der Waals surface area contributed by atoms with Crippen LogP contribution in [0.4, 0.5) is 10.5 Å². The lowest BCUT2D eigenvalue weighted by Gasteiger charge is -2.21. The van der Waals surface area contributed by atoms with E-state index in [1.54, 1.807) is 40.3 Å². The van der Waals surface area contributed by atoms with Crippen molar-refractivity contribution in [2.24, 2.45) is 0 Å². The number of nitrogens with one attached hydrogen (secondary N) is 1. The lowest BCUT2D eigenvalue weighted by molar-refractivity contribution is 0.209. The number of carbonyl (C=O) groups excluding carboxylic acids is 1. The number of hydrogen-bond acceptors (Lipinski definition) is 5. The van der Waals surface area contributed by atoms with Crippen molar-refractivity contribution in [2.75, 3.05) is 11.9 Å². The van der Waals surface area contributed by atoms with Crippen molar-refractivity contribution < 1.29 is 4.79 Å². The number of nitriles is 1. The Morgan fingerprint density at radius 3 is 2.69 bits per heavy atom. The zero-order valence-electron chi connectivity index (χ0n) is 14.0. The van der Waals surface area contributed by atoms with Gasteiger partial charge in [0.1, 0.15) is 0 Å². The van der Waals surface area contributed by atoms with E-state index in [1.807, 2.05) is 30.3 Å². The molecule has 0 radical (unpaired) electrons. The third kappa shape index (κ3) is 4.42. The van der Waals surface area contributed by atoms with Crippen molar-refractivity contribution in [3.05, 3.63) is 66.7 Å². The number of anilines is 1. The highest BCUT2D eigenvalue weighted by molar-refractivity contribution is 5.89. The molecule has 0 unspecified atom stereocenters. The van der Waals surface area contributed by atoms with Crippen LogP contribution in [0.2, 0.25) is 0 Å². The van der Waals surface area contributed by atoms with Gasteiger partial charge >= 0.3 is 6.03 Å². The molecule has 3 aromatic rings. The van der Waals surface area contributed by atoms with Crippen LogP contribution in [0.5, 0.6) is 0 Å². The molecular formula is C18H17N7O. The quantitative estimate of drug-likeness (QED) is 0.739. The first kappa shape index (κ1) is 17.1. The molecule has 8 heteroatoms. The van der Waals surface area contributed by atoms with E-state index >= 15 is 0 Å². The normalized spacial score (nSPS) is 10.1. The summed E-state index contributed by atoms with van der Waals surface area (Å²) < 4.78 is 1.63. The number of hydrogen-bond donors (Lipinski definition) is 1. The monoisotopic (exact) mass is 347 g/mol. The number of aromatic nitrogens is 4. The van der Waals surface area contributed by atoms with E-state index in [4.69, 9.17) is 5.26 Å². The van der Waals surface area contributed by atoms with E-state index in [0.717, 1.165) is 11.4 Å². The Balaban J connectivity index is 1.67. The van der Waals surface area contributed by atoms with Gasteiger partial charge in [-0.3, -0.25) is 4.98 Å². The minimum absolute atomic E-state index is 0.255. The number of carbonyl (C=O) groups is 1. The summed E-state index contributed by atoms with van der Waals surface area (Å²) >= 11 is 0. The highest BCUT2D eigenvalue weighted by atomic mass is 16.2. The molecular weight excluding hydrogens is 330 g/mol. The second-order valence-electron chi connectivity index (χ2n) is 5.48. The molecule has 0 atom stereocenters. The topological polar surface area (TPSA) is 99.7 Å². The van der Waals surface area contributed by atoms with Crippen LogP contribution in [0.1, 0.15) is 12.1 Å². The van der Waals surface area contributed by atoms with E-state index in [1.165, 1.54) is 0 Å². The van der Waals surface area contributed by atoms with Gasteiger partial charge in [-0.2, -0.15) is 5.26 Å². The maximum Gasteiger partial charge on any atom is 0.322 e. The molecule has 0 bridgehead atoms. The summed E-state index contributed by atoms with van der Waals surface area (Å²) in [6.07, 6.45) is 5.27. The Bertz CT molecular complexity index is 870. The summed E-state index contributed by atoms with van der Waals surface area (Å²) in [4.78, 5) is 18.4. The summed E-state index contributed by atoms with van der Waals surface area (Å²) in [5, 5.41) is 19.4. The van der Waals surface area contributed by atoms with Crippen molar-refractivity contribution >= 4 is 11.7 Å². The molecule has 2 amide bonds. The van der Waals surface area contributed by atoms with Crippen LogP contribution in [0.15, 0.2) is 61.1 Å². The van der Waals surface area contributed by atoms with Gasteiger partial charge in [-0.05, 0) is 36.4 Å². The molecule has 0 aliphatic rings. The van der Waals surface area contributed by atoms with Crippen LogP contribution in [0, 0.1) is 11.3 Å². The molecule has 26 heavy (non-hydrogen) atoms. The first-order valence-electron chi connectivity index (χ1n) is 8.06. The third-order valence-corrected chi connectivity index (χ3v) is 3.67. The maximum atomic E-state index is 12.6. The summed E-state index contributed by atoms with van der Waals surface area (Å²) in [7, 11) is 0. The fraction of sp³-hybridized carbons (Fsp3) is 0.167. The largest absolute Gasteiger partial charge is 0.322 e. The van der Waals surface area contributed by atoms with E-state index in [9.17, 15) is 4.79 Å². The Morgan fingerprint density at radius 1 is 1.19 bits per heavy atom. The standard InChI is InChI=1S/C18H17N7O/c19-9-3-12-24(14-16-4-1-2-10-20-16)18(26)22-15-5-7-17(8-6-15)25-13-11-21-23-25/h1-2,4-8,10-11,13H,3,12,14H2,(H,22,26). The molecule has 0 aliphatic heterocycles. The van der Waals surface area contributed by atoms with Crippen molar-refractivity contribution in [1.29, 1.82) is 5.26 Å². The molecule has 1 aromatic carbocycles. The highest BCUT2D eigenvalue weighted by Crippen LogP contribution is 2.14. The lowest BCUT2D eigenvalue weighted by Crippen LogP contribution is -2.35. The Hall–Kier alpha value is -3.73. The number of rotatable bonds is 6. The minimum Gasteiger partial charge on any atom is -0.318 e. The molecule has 2 aromatic heterocycles. The predicted molar refractivity (Wildman–Crippen MR) is 95.3 cm³/mol. The van der Waals surface area contributed by atoms with Gasteiger partial charge in [0.25, 0.3) is 0 Å². The van der Waals surface area contributed by atoms with Crippen LogP contribution < -0.4 is 5.32 Å². The second-order valence-corrected chi connectivity index (χ2v) is 5.48. The van der Waals surface area contributed by atoms with Crippen molar-refractivity contribution in [2.45, 2.75) is 13.0 Å². The molecule has 0 aliphatic carbocycles. The Kier molecular flexibility index (Phi) is 5.52. The minimum atomic E-state index is -0.278. The number of urea groups is 1. The number of nitrogens with zero attached hydrogens (tertiary/aromatic N) is 6. The molecule has 0 spiro atoms. The van der Waals surface area contributed by atoms with Crippen LogP contribution in [0.25, 0.3) is 5.69 Å². The van der Waals surface area contributed by atoms with Crippen molar-refractivity contribution in [1.82, 2.24) is 24.9 Å². The van der Waals surface area contributed by atoms with E-state index in [-0.39, 0.29) is 12.5 Å².